The number of anilines is 1. The van der Waals surface area contributed by atoms with Crippen LogP contribution in [0.25, 0.3) is 10.8 Å². The second kappa shape index (κ2) is 3.80. The van der Waals surface area contributed by atoms with Gasteiger partial charge in [-0.25, -0.2) is 0 Å². The van der Waals surface area contributed by atoms with Gasteiger partial charge in [-0.15, -0.1) is 0 Å². The van der Waals surface area contributed by atoms with Gasteiger partial charge in [-0.05, 0) is 27.4 Å². The molecule has 0 radical (unpaired) electrons. The van der Waals surface area contributed by atoms with Gasteiger partial charge in [0.1, 0.15) is 0 Å². The molecular formula is C11H8BrNO. The lowest BCUT2D eigenvalue weighted by molar-refractivity contribution is -0.105. The quantitative estimate of drug-likeness (QED) is 0.815. The molecule has 0 spiro atoms. The minimum Gasteiger partial charge on any atom is -0.327 e. The van der Waals surface area contributed by atoms with Gasteiger partial charge in [-0.1, -0.05) is 30.3 Å². The predicted molar refractivity (Wildman–Crippen MR) is 61.3 cm³/mol. The molecular weight excluding hydrogens is 242 g/mol. The van der Waals surface area contributed by atoms with E-state index in [-0.39, 0.29) is 0 Å². The van der Waals surface area contributed by atoms with Gasteiger partial charge in [0.25, 0.3) is 0 Å². The van der Waals surface area contributed by atoms with Crippen LogP contribution in [-0.2, 0) is 4.79 Å². The molecule has 70 valence electrons. The third-order valence-corrected chi connectivity index (χ3v) is 2.74. The van der Waals surface area contributed by atoms with Crippen LogP contribution in [0, 0.1) is 0 Å². The summed E-state index contributed by atoms with van der Waals surface area (Å²) in [6, 6.07) is 11.8. The number of fused-ring (bicyclic) bond motifs is 1. The predicted octanol–water partition coefficient (Wildman–Crippen LogP) is 3.17. The number of rotatable bonds is 2. The summed E-state index contributed by atoms with van der Waals surface area (Å²) in [7, 11) is 0. The topological polar surface area (TPSA) is 29.1 Å². The molecule has 1 N–H and O–H groups in total. The average Bonchev–Trinajstić information content (AvgIpc) is 2.23. The summed E-state index contributed by atoms with van der Waals surface area (Å²) in [6.07, 6.45) is 0.687. The Morgan fingerprint density at radius 2 is 1.93 bits per heavy atom. The van der Waals surface area contributed by atoms with Gasteiger partial charge in [0.15, 0.2) is 0 Å². The molecule has 14 heavy (non-hydrogen) atoms. The lowest BCUT2D eigenvalue weighted by atomic mass is 10.1. The maximum atomic E-state index is 10.4. The van der Waals surface area contributed by atoms with Crippen LogP contribution in [0.1, 0.15) is 0 Å². The summed E-state index contributed by atoms with van der Waals surface area (Å²) in [5.74, 6) is 0. The molecule has 0 heterocycles. The van der Waals surface area contributed by atoms with E-state index in [1.54, 1.807) is 0 Å². The number of nitrogens with one attached hydrogen (secondary N) is 1. The maximum Gasteiger partial charge on any atom is 0.211 e. The smallest absolute Gasteiger partial charge is 0.211 e. The van der Waals surface area contributed by atoms with Crippen molar-refractivity contribution in [1.82, 2.24) is 0 Å². The highest BCUT2D eigenvalue weighted by atomic mass is 79.9. The SMILES string of the molecule is O=CNc1c(Br)ccc2ccccc12. The number of carbonyl (C=O) groups is 1. The molecule has 3 heteroatoms. The number of hydrogen-bond donors (Lipinski definition) is 1. The second-order valence-corrected chi connectivity index (χ2v) is 3.76. The van der Waals surface area contributed by atoms with E-state index in [4.69, 9.17) is 0 Å². The fourth-order valence-corrected chi connectivity index (χ4v) is 1.91. The Morgan fingerprint density at radius 3 is 2.71 bits per heavy atom. The van der Waals surface area contributed by atoms with Crippen molar-refractivity contribution in [2.75, 3.05) is 5.32 Å². The van der Waals surface area contributed by atoms with E-state index in [9.17, 15) is 4.79 Å². The molecule has 0 atom stereocenters. The lowest BCUT2D eigenvalue weighted by Crippen LogP contribution is -1.95. The van der Waals surface area contributed by atoms with Gasteiger partial charge in [0.05, 0.1) is 5.69 Å². The molecule has 0 unspecified atom stereocenters. The van der Waals surface area contributed by atoms with Crippen molar-refractivity contribution in [2.45, 2.75) is 0 Å². The fraction of sp³-hybridized carbons (Fsp3) is 0. The van der Waals surface area contributed by atoms with Gasteiger partial charge in [0.2, 0.25) is 6.41 Å². The molecule has 1 amide bonds. The van der Waals surface area contributed by atoms with Crippen molar-refractivity contribution >= 4 is 38.8 Å². The van der Waals surface area contributed by atoms with E-state index in [0.29, 0.717) is 6.41 Å². The summed E-state index contributed by atoms with van der Waals surface area (Å²) in [4.78, 5) is 10.4. The lowest BCUT2D eigenvalue weighted by Gasteiger charge is -2.06. The first-order valence-electron chi connectivity index (χ1n) is 4.20. The summed E-state index contributed by atoms with van der Waals surface area (Å²) >= 11 is 3.40. The molecule has 0 aliphatic heterocycles. The van der Waals surface area contributed by atoms with Gasteiger partial charge in [-0.3, -0.25) is 4.79 Å². The molecule has 2 nitrogen and oxygen atoms in total. The zero-order chi connectivity index (χ0) is 9.97. The van der Waals surface area contributed by atoms with Crippen molar-refractivity contribution in [3.63, 3.8) is 0 Å². The molecule has 0 saturated heterocycles. The molecule has 0 fully saturated rings. The Bertz CT molecular complexity index is 482. The zero-order valence-corrected chi connectivity index (χ0v) is 8.91. The molecule has 2 aromatic rings. The van der Waals surface area contributed by atoms with Crippen LogP contribution < -0.4 is 5.32 Å². The second-order valence-electron chi connectivity index (χ2n) is 2.91. The van der Waals surface area contributed by atoms with Crippen molar-refractivity contribution < 1.29 is 4.79 Å². The molecule has 2 rings (SSSR count). The number of carbonyl (C=O) groups excluding carboxylic acids is 1. The van der Waals surface area contributed by atoms with E-state index in [0.717, 1.165) is 20.9 Å². The largest absolute Gasteiger partial charge is 0.327 e. The number of amides is 1. The number of benzene rings is 2. The van der Waals surface area contributed by atoms with Crippen LogP contribution in [-0.4, -0.2) is 6.41 Å². The standard InChI is InChI=1S/C11H8BrNO/c12-10-6-5-8-3-1-2-4-9(8)11(10)13-7-14/h1-7H,(H,13,14). The first kappa shape index (κ1) is 9.21. The van der Waals surface area contributed by atoms with Crippen LogP contribution in [0.5, 0.6) is 0 Å². The van der Waals surface area contributed by atoms with Crippen LogP contribution in [0.4, 0.5) is 5.69 Å². The Morgan fingerprint density at radius 1 is 1.14 bits per heavy atom. The van der Waals surface area contributed by atoms with Crippen LogP contribution in [0.2, 0.25) is 0 Å². The maximum absolute atomic E-state index is 10.4. The first-order valence-corrected chi connectivity index (χ1v) is 4.99. The Labute approximate surface area is 90.1 Å². The highest BCUT2D eigenvalue weighted by Crippen LogP contribution is 2.30. The molecule has 0 saturated carbocycles. The van der Waals surface area contributed by atoms with Gasteiger partial charge < -0.3 is 5.32 Å². The normalized spacial score (nSPS) is 10.1. The zero-order valence-electron chi connectivity index (χ0n) is 7.33. The summed E-state index contributed by atoms with van der Waals surface area (Å²) in [5.41, 5.74) is 0.818. The van der Waals surface area contributed by atoms with Crippen molar-refractivity contribution in [2.24, 2.45) is 0 Å². The van der Waals surface area contributed by atoms with E-state index in [2.05, 4.69) is 21.2 Å². The molecule has 0 aliphatic rings. The van der Waals surface area contributed by atoms with E-state index < -0.39 is 0 Å². The Kier molecular flexibility index (Phi) is 2.50. The highest BCUT2D eigenvalue weighted by molar-refractivity contribution is 9.10. The summed E-state index contributed by atoms with van der Waals surface area (Å²) in [5, 5.41) is 4.84. The van der Waals surface area contributed by atoms with Crippen molar-refractivity contribution in [3.05, 3.63) is 40.9 Å². The van der Waals surface area contributed by atoms with Gasteiger partial charge in [0, 0.05) is 9.86 Å². The molecule has 0 aromatic heterocycles. The minimum atomic E-state index is 0.687. The van der Waals surface area contributed by atoms with Crippen molar-refractivity contribution in [1.29, 1.82) is 0 Å². The monoisotopic (exact) mass is 249 g/mol. The molecule has 0 bridgehead atoms. The van der Waals surface area contributed by atoms with E-state index in [1.165, 1.54) is 0 Å². The van der Waals surface area contributed by atoms with Crippen molar-refractivity contribution in [3.8, 4) is 0 Å². The Balaban J connectivity index is 2.75. The van der Waals surface area contributed by atoms with Crippen LogP contribution in [0.15, 0.2) is 40.9 Å². The third-order valence-electron chi connectivity index (χ3n) is 2.08. The number of halogens is 1. The van der Waals surface area contributed by atoms with Crippen LogP contribution in [0.3, 0.4) is 0 Å². The van der Waals surface area contributed by atoms with Gasteiger partial charge >= 0.3 is 0 Å². The third kappa shape index (κ3) is 1.51. The highest BCUT2D eigenvalue weighted by Gasteiger charge is 2.03. The summed E-state index contributed by atoms with van der Waals surface area (Å²) in [6.45, 7) is 0. The van der Waals surface area contributed by atoms with E-state index in [1.807, 2.05) is 36.4 Å². The summed E-state index contributed by atoms with van der Waals surface area (Å²) < 4.78 is 0.892. The van der Waals surface area contributed by atoms with E-state index >= 15 is 0 Å². The molecule has 0 aliphatic carbocycles. The molecule has 2 aromatic carbocycles. The Hall–Kier alpha value is -1.35. The minimum absolute atomic E-state index is 0.687. The fourth-order valence-electron chi connectivity index (χ4n) is 1.45. The first-order chi connectivity index (χ1) is 6.83. The van der Waals surface area contributed by atoms with Crippen LogP contribution >= 0.6 is 15.9 Å². The van der Waals surface area contributed by atoms with Gasteiger partial charge in [-0.2, -0.15) is 0 Å². The average molecular weight is 250 g/mol. The number of hydrogen-bond acceptors (Lipinski definition) is 1.